The number of pyridine rings is 4. The number of hydrogen-bond acceptors (Lipinski definition) is 10. The molecule has 8 aromatic heterocycles. The van der Waals surface area contributed by atoms with Crippen molar-refractivity contribution in [1.82, 2.24) is 42.4 Å². The number of aromatic nitrogens is 8. The molecule has 12 heterocycles. The number of halogens is 2. The van der Waals surface area contributed by atoms with E-state index in [0.717, 1.165) is 96.1 Å². The molecule has 0 atom stereocenters. The zero-order chi connectivity index (χ0) is 87.1. The summed E-state index contributed by atoms with van der Waals surface area (Å²) in [4.78, 5) is 30.4. The van der Waals surface area contributed by atoms with Crippen molar-refractivity contribution in [1.29, 1.82) is 0 Å². The summed E-state index contributed by atoms with van der Waals surface area (Å²) in [6.07, 6.45) is 17.7. The van der Waals surface area contributed by atoms with Crippen LogP contribution < -0.4 is 180 Å². The van der Waals surface area contributed by atoms with Gasteiger partial charge in [-0.25, -0.2) is 4.85 Å². The number of rotatable bonds is 4. The Balaban J connectivity index is 0.000000131. The summed E-state index contributed by atoms with van der Waals surface area (Å²) in [6, 6.07) is 123. The first-order valence-electron chi connectivity index (χ1n) is 43.1. The van der Waals surface area contributed by atoms with E-state index in [4.69, 9.17) is 6.57 Å². The minimum Gasteiger partial charge on any atom is -1.00 e. The largest absolute Gasteiger partial charge is 2.00 e. The Hall–Kier alpha value is -10.4. The van der Waals surface area contributed by atoms with Gasteiger partial charge in [0.05, 0.1) is 59.4 Å². The summed E-state index contributed by atoms with van der Waals surface area (Å²) < 4.78 is 8.61. The molecule has 0 radical (unpaired) electrons. The Morgan fingerprint density at radius 1 is 0.387 bits per heavy atom. The molecule has 23 aromatic rings. The minimum atomic E-state index is 0. The zero-order valence-corrected chi connectivity index (χ0v) is 89.1. The fraction of sp³-hybridized carbons (Fsp3) is 0.0789. The fourth-order valence-corrected chi connectivity index (χ4v) is 19.1. The maximum absolute atomic E-state index is 7.20. The maximum atomic E-state index is 7.20. The van der Waals surface area contributed by atoms with E-state index in [2.05, 4.69) is 376 Å². The van der Waals surface area contributed by atoms with Gasteiger partial charge in [-0.05, 0) is 123 Å². The summed E-state index contributed by atoms with van der Waals surface area (Å²) in [7, 11) is 10.3. The molecular formula is C114H83ClIKLi2Mg2N15Na. The molecule has 137 heavy (non-hydrogen) atoms. The molecule has 0 bridgehead atoms. The van der Waals surface area contributed by atoms with E-state index in [1.165, 1.54) is 133 Å². The van der Waals surface area contributed by atoms with Crippen molar-refractivity contribution in [3.05, 3.63) is 423 Å². The van der Waals surface area contributed by atoms with Gasteiger partial charge < -0.3 is 78.6 Å². The number of anilines is 6. The number of benzene rings is 15. The number of imidazole rings is 4. The summed E-state index contributed by atoms with van der Waals surface area (Å²) in [5, 5.41) is 18.6. The molecule has 0 amide bonds. The Morgan fingerprint density at radius 2 is 0.854 bits per heavy atom. The van der Waals surface area contributed by atoms with E-state index in [9.17, 15) is 0 Å². The topological polar surface area (TPSA) is 93.0 Å². The smallest absolute Gasteiger partial charge is 1.00 e. The van der Waals surface area contributed by atoms with Gasteiger partial charge in [0.25, 0.3) is 0 Å². The van der Waals surface area contributed by atoms with Gasteiger partial charge >= 0.3 is 165 Å². The van der Waals surface area contributed by atoms with Gasteiger partial charge in [0, 0.05) is 130 Å². The maximum Gasteiger partial charge on any atom is 2.00 e. The molecule has 4 aliphatic rings. The van der Waals surface area contributed by atoms with E-state index in [-0.39, 0.29) is 201 Å². The van der Waals surface area contributed by atoms with E-state index in [1.54, 1.807) is 0 Å². The van der Waals surface area contributed by atoms with Crippen LogP contribution >= 0.6 is 0 Å². The van der Waals surface area contributed by atoms with Crippen LogP contribution in [0, 0.1) is 56.8 Å². The number of nitrogens with zero attached hydrogens (tertiary/aromatic N) is 15. The Kier molecular flexibility index (Phi) is 32.9. The molecular weight excluding hydrogens is 1870 g/mol. The molecule has 15 nitrogen and oxygen atoms in total. The molecule has 0 saturated heterocycles. The van der Waals surface area contributed by atoms with Gasteiger partial charge in [0.1, 0.15) is 0 Å². The monoisotopic (exact) mass is 1950 g/mol. The predicted molar refractivity (Wildman–Crippen MR) is 542 cm³/mol. The summed E-state index contributed by atoms with van der Waals surface area (Å²) in [5.41, 5.74) is 32.7. The third-order valence-corrected chi connectivity index (χ3v) is 25.0. The van der Waals surface area contributed by atoms with Crippen LogP contribution in [0.5, 0.6) is 0 Å². The van der Waals surface area contributed by atoms with Gasteiger partial charge in [0.15, 0.2) is 5.69 Å². The van der Waals surface area contributed by atoms with Crippen LogP contribution in [0.15, 0.2) is 353 Å². The van der Waals surface area contributed by atoms with Crippen LogP contribution in [0.1, 0.15) is 22.3 Å². The summed E-state index contributed by atoms with van der Waals surface area (Å²) in [5.74, 6) is 0. The Morgan fingerprint density at radius 3 is 1.49 bits per heavy atom. The summed E-state index contributed by atoms with van der Waals surface area (Å²) >= 11 is 0. The van der Waals surface area contributed by atoms with Crippen molar-refractivity contribution in [3.8, 4) is 44.5 Å². The average Bonchev–Trinajstić information content (AvgIpc) is 1.49. The standard InChI is InChI=1S/C24H17N4.C21H13N2.C19H13N2.C17H14N3.C17H13N2.C16H13N2.ClH.HI.K.2Li.2Mg.Na/c1-25-17-9-7-16(8-10-17)19-5-4-6-20-23(19)21-15-18(27(2)3)11-12-22(21)28-14-13-26-24(20)28;1-2-7-15(8-3-1)16-11-6-12-18-17-9-4-5-10-19(17)21-22-13-14-23(21)20(16)18;1-4-10-17-14(7-1)13-20-18-11-5-2-8-15(18)16-9-3-6-12-19(16)21(17)20;1-19(2)12-7-8-16-15(11-12)13-5-3-4-6-14(13)17-18-9-10-20(16)17;1-11-7-8-12(2)16-15(11)13-5-3-4-6-14(13)17-18-9-10-19(16)17;1-17-10-16-14-8-3-2-6-12(14)13-7-4-5-9-15(13)18(16)11-17;;;;;;;;/h4-5,7-15H,2-3H3;1-9,11-14H;1-10,12H,13H2;3-5,7-11H,1-2H3;3-5,7-10H,1-2H3;2-8,10H,11H2,1H3;2*1H;;;;;;/q6*-1;;;3*+1;2*+2;+1/p-2. The second-order valence-electron chi connectivity index (χ2n) is 33.1. The molecule has 0 saturated carbocycles. The Bertz CT molecular complexity index is 8500. The zero-order valence-electron chi connectivity index (χ0n) is 78.3. The minimum absolute atomic E-state index is 0. The van der Waals surface area contributed by atoms with E-state index in [0.29, 0.717) is 5.69 Å². The fourth-order valence-electron chi connectivity index (χ4n) is 19.1. The third kappa shape index (κ3) is 18.7. The van der Waals surface area contributed by atoms with Gasteiger partial charge in [-0.1, -0.05) is 195 Å². The SMILES string of the molecule is CN(C)c1ccc2c(c1)c1ccc[c-]c1c1nccn21.CN1C=C2c3ccccc3-c3ccc[c-]c3N2C1.Cc1ccc(C)c2c1c1ccc[c-]c1c1nccn12.[C-]#[N+]c1ccc(-c2cc[c-]c3c2c2cc(N(C)C)ccc2n2ccnc32)cc1.[Cl-].[I-].[K+].[Li+].[Li+].[Mg+2].[Mg+2].[Na+].[c-]1cccc2c1N1Cc3ccccc3N1c1ccccc1-2.[c-]1cccc2c1c1nccn1c1c(-c3ccccc3)cccc21. The van der Waals surface area contributed by atoms with Crippen molar-refractivity contribution >= 4 is 201 Å². The number of aryl methyl sites for hydroxylation is 2. The van der Waals surface area contributed by atoms with Crippen molar-refractivity contribution in [2.45, 2.75) is 20.4 Å². The van der Waals surface area contributed by atoms with Gasteiger partial charge in [0.2, 0.25) is 0 Å². The van der Waals surface area contributed by atoms with Crippen LogP contribution in [-0.4, -0.2) is 130 Å². The van der Waals surface area contributed by atoms with Crippen LogP contribution in [0.2, 0.25) is 0 Å². The average molecular weight is 1950 g/mol. The molecule has 636 valence electrons. The molecule has 0 aliphatic carbocycles. The molecule has 23 heteroatoms. The van der Waals surface area contributed by atoms with E-state index >= 15 is 0 Å². The van der Waals surface area contributed by atoms with Crippen LogP contribution in [0.25, 0.3) is 164 Å². The second kappa shape index (κ2) is 43.9. The molecule has 0 N–H and O–H groups in total. The normalized spacial score (nSPS) is 11.8. The molecule has 0 fully saturated rings. The Labute approximate surface area is 940 Å². The molecule has 0 unspecified atom stereocenters. The van der Waals surface area contributed by atoms with Crippen LogP contribution in [0.4, 0.5) is 39.8 Å². The van der Waals surface area contributed by atoms with Crippen LogP contribution in [0.3, 0.4) is 0 Å². The van der Waals surface area contributed by atoms with Crippen molar-refractivity contribution in [3.63, 3.8) is 0 Å². The van der Waals surface area contributed by atoms with Gasteiger partial charge in [-0.3, -0.25) is 24.9 Å². The first-order chi connectivity index (χ1) is 63.4. The molecule has 15 aromatic carbocycles. The number of hydrogen-bond donors (Lipinski definition) is 0. The first-order valence-corrected chi connectivity index (χ1v) is 43.1. The first kappa shape index (κ1) is 102. The van der Waals surface area contributed by atoms with E-state index in [1.807, 2.05) is 135 Å². The van der Waals surface area contributed by atoms with Crippen molar-refractivity contribution in [2.75, 3.05) is 66.6 Å². The van der Waals surface area contributed by atoms with Crippen molar-refractivity contribution < 1.29 is 155 Å². The van der Waals surface area contributed by atoms with Gasteiger partial charge in [-0.2, -0.15) is 48.5 Å². The number of hydrazine groups is 1. The second-order valence-corrected chi connectivity index (χ2v) is 33.1. The third-order valence-electron chi connectivity index (χ3n) is 25.0. The quantitative estimate of drug-likeness (QED) is 0.0771. The summed E-state index contributed by atoms with van der Waals surface area (Å²) in [6.45, 7) is 13.3. The van der Waals surface area contributed by atoms with E-state index < -0.39 is 0 Å². The number of fused-ring (bicyclic) bond motifs is 38. The van der Waals surface area contributed by atoms with Crippen molar-refractivity contribution in [2.24, 2.45) is 0 Å². The predicted octanol–water partition coefficient (Wildman–Crippen LogP) is 7.38. The van der Waals surface area contributed by atoms with Crippen LogP contribution in [-0.2, 0) is 6.54 Å². The molecule has 0 spiro atoms. The molecule has 27 rings (SSSR count). The van der Waals surface area contributed by atoms with Gasteiger partial charge in [-0.15, -0.1) is 118 Å². The number of para-hydroxylation sites is 5. The molecule has 4 aliphatic heterocycles.